The second kappa shape index (κ2) is 7.31. The summed E-state index contributed by atoms with van der Waals surface area (Å²) >= 11 is 7.84. The molecular weight excluding hydrogens is 322 g/mol. The summed E-state index contributed by atoms with van der Waals surface area (Å²) in [7, 11) is 2.16. The third-order valence-corrected chi connectivity index (χ3v) is 5.34. The van der Waals surface area contributed by atoms with E-state index in [0.29, 0.717) is 5.15 Å². The standard InChI is InChI=1S/C14H22ClN5OS/c1-18-3-4-20(12(10-18)19-5-7-21-8-6-19)14-16-9-11(22-2)13(15)17-14/h9,12H,3-8,10H2,1-2H3. The average molecular weight is 344 g/mol. The van der Waals surface area contributed by atoms with E-state index in [2.05, 4.69) is 31.7 Å². The normalized spacial score (nSPS) is 24.7. The van der Waals surface area contributed by atoms with Crippen LogP contribution >= 0.6 is 23.4 Å². The van der Waals surface area contributed by atoms with E-state index in [1.54, 1.807) is 11.8 Å². The van der Waals surface area contributed by atoms with Crippen molar-refractivity contribution in [2.24, 2.45) is 0 Å². The molecule has 0 N–H and O–H groups in total. The fourth-order valence-electron chi connectivity index (χ4n) is 2.93. The van der Waals surface area contributed by atoms with E-state index in [-0.39, 0.29) is 6.17 Å². The summed E-state index contributed by atoms with van der Waals surface area (Å²) in [5.41, 5.74) is 0. The summed E-state index contributed by atoms with van der Waals surface area (Å²) in [6, 6.07) is 0. The molecule has 8 heteroatoms. The van der Waals surface area contributed by atoms with Crippen LogP contribution in [0.15, 0.2) is 11.1 Å². The number of nitrogens with zero attached hydrogens (tertiary/aromatic N) is 5. The number of morpholine rings is 1. The smallest absolute Gasteiger partial charge is 0.228 e. The van der Waals surface area contributed by atoms with Gasteiger partial charge >= 0.3 is 0 Å². The first-order valence-corrected chi connectivity index (χ1v) is 9.13. The summed E-state index contributed by atoms with van der Waals surface area (Å²) in [4.78, 5) is 17.1. The Kier molecular flexibility index (Phi) is 5.41. The van der Waals surface area contributed by atoms with Crippen molar-refractivity contribution in [2.75, 3.05) is 64.1 Å². The highest BCUT2D eigenvalue weighted by molar-refractivity contribution is 7.98. The molecule has 0 saturated carbocycles. The fraction of sp³-hybridized carbons (Fsp3) is 0.714. The molecule has 3 rings (SSSR count). The van der Waals surface area contributed by atoms with Crippen LogP contribution < -0.4 is 4.90 Å². The number of thioether (sulfide) groups is 1. The maximum Gasteiger partial charge on any atom is 0.228 e. The van der Waals surface area contributed by atoms with Gasteiger partial charge in [-0.05, 0) is 13.3 Å². The van der Waals surface area contributed by atoms with Gasteiger partial charge in [-0.1, -0.05) is 11.6 Å². The van der Waals surface area contributed by atoms with Crippen LogP contribution in [0.5, 0.6) is 0 Å². The third-order valence-electron chi connectivity index (χ3n) is 4.20. The Labute approximate surface area is 140 Å². The number of anilines is 1. The molecule has 1 atom stereocenters. The van der Waals surface area contributed by atoms with Crippen LogP contribution in [0.3, 0.4) is 0 Å². The summed E-state index contributed by atoms with van der Waals surface area (Å²) in [6.45, 7) is 6.38. The number of halogens is 1. The number of aromatic nitrogens is 2. The van der Waals surface area contributed by atoms with Crippen molar-refractivity contribution in [2.45, 2.75) is 11.1 Å². The zero-order chi connectivity index (χ0) is 15.5. The van der Waals surface area contributed by atoms with Crippen molar-refractivity contribution in [1.82, 2.24) is 19.8 Å². The maximum atomic E-state index is 6.27. The molecule has 0 aliphatic carbocycles. The molecule has 2 fully saturated rings. The van der Waals surface area contributed by atoms with E-state index < -0.39 is 0 Å². The first-order valence-electron chi connectivity index (χ1n) is 7.52. The Hall–Kier alpha value is -0.600. The number of piperazine rings is 1. The van der Waals surface area contributed by atoms with Gasteiger partial charge in [0.1, 0.15) is 5.15 Å². The van der Waals surface area contributed by atoms with Crippen LogP contribution in [-0.2, 0) is 4.74 Å². The minimum Gasteiger partial charge on any atom is -0.379 e. The molecule has 0 amide bonds. The van der Waals surface area contributed by atoms with Crippen molar-refractivity contribution in [3.05, 3.63) is 11.3 Å². The topological polar surface area (TPSA) is 44.7 Å². The van der Waals surface area contributed by atoms with Gasteiger partial charge in [-0.2, -0.15) is 4.98 Å². The molecular formula is C14H22ClN5OS. The molecule has 1 aromatic rings. The molecule has 2 aliphatic rings. The maximum absolute atomic E-state index is 6.27. The van der Waals surface area contributed by atoms with E-state index in [1.165, 1.54) is 0 Å². The van der Waals surface area contributed by atoms with E-state index in [0.717, 1.165) is 56.8 Å². The van der Waals surface area contributed by atoms with Crippen molar-refractivity contribution < 1.29 is 4.74 Å². The molecule has 1 unspecified atom stereocenters. The molecule has 6 nitrogen and oxygen atoms in total. The van der Waals surface area contributed by atoms with Gasteiger partial charge in [0, 0.05) is 38.9 Å². The van der Waals surface area contributed by atoms with Gasteiger partial charge in [-0.25, -0.2) is 4.98 Å². The highest BCUT2D eigenvalue weighted by Crippen LogP contribution is 2.26. The molecule has 0 bridgehead atoms. The minimum absolute atomic E-state index is 0.277. The lowest BCUT2D eigenvalue weighted by Gasteiger charge is -2.46. The predicted molar refractivity (Wildman–Crippen MR) is 89.8 cm³/mol. The predicted octanol–water partition coefficient (Wildman–Crippen LogP) is 1.26. The van der Waals surface area contributed by atoms with Gasteiger partial charge < -0.3 is 14.5 Å². The third kappa shape index (κ3) is 3.49. The molecule has 122 valence electrons. The second-order valence-electron chi connectivity index (χ2n) is 5.61. The van der Waals surface area contributed by atoms with Crippen LogP contribution in [0, 0.1) is 0 Å². The minimum atomic E-state index is 0.277. The lowest BCUT2D eigenvalue weighted by Crippen LogP contribution is -2.62. The SMILES string of the molecule is CSc1cnc(N2CCN(C)CC2N2CCOCC2)nc1Cl. The Balaban J connectivity index is 1.83. The van der Waals surface area contributed by atoms with E-state index >= 15 is 0 Å². The van der Waals surface area contributed by atoms with Crippen molar-refractivity contribution in [3.63, 3.8) is 0 Å². The van der Waals surface area contributed by atoms with Crippen molar-refractivity contribution in [1.29, 1.82) is 0 Å². The first kappa shape index (κ1) is 16.3. The lowest BCUT2D eigenvalue weighted by atomic mass is 10.2. The molecule has 22 heavy (non-hydrogen) atoms. The molecule has 0 spiro atoms. The number of ether oxygens (including phenoxy) is 1. The fourth-order valence-corrected chi connectivity index (χ4v) is 3.66. The largest absolute Gasteiger partial charge is 0.379 e. The Morgan fingerprint density at radius 3 is 2.73 bits per heavy atom. The number of hydrogen-bond donors (Lipinski definition) is 0. The zero-order valence-corrected chi connectivity index (χ0v) is 14.6. The summed E-state index contributed by atoms with van der Waals surface area (Å²) in [5.74, 6) is 0.729. The van der Waals surface area contributed by atoms with Gasteiger partial charge in [0.05, 0.1) is 24.3 Å². The molecule has 0 aromatic carbocycles. The summed E-state index contributed by atoms with van der Waals surface area (Å²) in [6.07, 6.45) is 4.08. The Bertz CT molecular complexity index is 514. The van der Waals surface area contributed by atoms with Gasteiger partial charge in [0.15, 0.2) is 0 Å². The monoisotopic (exact) mass is 343 g/mol. The van der Waals surface area contributed by atoms with Crippen molar-refractivity contribution >= 4 is 29.3 Å². The number of hydrogen-bond acceptors (Lipinski definition) is 7. The van der Waals surface area contributed by atoms with Crippen LogP contribution in [0.25, 0.3) is 0 Å². The highest BCUT2D eigenvalue weighted by atomic mass is 35.5. The van der Waals surface area contributed by atoms with Crippen LogP contribution in [0.1, 0.15) is 0 Å². The quantitative estimate of drug-likeness (QED) is 0.604. The van der Waals surface area contributed by atoms with Crippen molar-refractivity contribution in [3.8, 4) is 0 Å². The highest BCUT2D eigenvalue weighted by Gasteiger charge is 2.32. The molecule has 3 heterocycles. The molecule has 0 radical (unpaired) electrons. The lowest BCUT2D eigenvalue weighted by molar-refractivity contribution is 0.00314. The summed E-state index contributed by atoms with van der Waals surface area (Å²) in [5, 5.41) is 0.539. The zero-order valence-electron chi connectivity index (χ0n) is 13.0. The van der Waals surface area contributed by atoms with E-state index in [1.807, 2.05) is 12.5 Å². The van der Waals surface area contributed by atoms with Gasteiger partial charge in [-0.3, -0.25) is 4.90 Å². The number of likely N-dealkylation sites (N-methyl/N-ethyl adjacent to an activating group) is 1. The molecule has 2 saturated heterocycles. The average Bonchev–Trinajstić information content (AvgIpc) is 2.55. The van der Waals surface area contributed by atoms with Gasteiger partial charge in [0.2, 0.25) is 5.95 Å². The first-order chi connectivity index (χ1) is 10.7. The number of rotatable bonds is 3. The van der Waals surface area contributed by atoms with E-state index in [4.69, 9.17) is 16.3 Å². The summed E-state index contributed by atoms with van der Waals surface area (Å²) < 4.78 is 5.48. The van der Waals surface area contributed by atoms with E-state index in [9.17, 15) is 0 Å². The van der Waals surface area contributed by atoms with Gasteiger partial charge in [-0.15, -0.1) is 11.8 Å². The van der Waals surface area contributed by atoms with Crippen LogP contribution in [0.2, 0.25) is 5.15 Å². The second-order valence-corrected chi connectivity index (χ2v) is 6.82. The Morgan fingerprint density at radius 1 is 1.27 bits per heavy atom. The van der Waals surface area contributed by atoms with Crippen LogP contribution in [-0.4, -0.2) is 85.2 Å². The van der Waals surface area contributed by atoms with Crippen LogP contribution in [0.4, 0.5) is 5.95 Å². The van der Waals surface area contributed by atoms with Gasteiger partial charge in [0.25, 0.3) is 0 Å². The molecule has 2 aliphatic heterocycles. The Morgan fingerprint density at radius 2 is 2.05 bits per heavy atom. The molecule has 1 aromatic heterocycles.